The fraction of sp³-hybridized carbons (Fsp3) is 0.714. The smallest absolute Gasteiger partial charge is 0.222 e. The molecular weight excluding hydrogens is 272 g/mol. The second kappa shape index (κ2) is 6.68. The van der Waals surface area contributed by atoms with E-state index in [1.54, 1.807) is 4.90 Å². The van der Waals surface area contributed by atoms with Crippen LogP contribution < -0.4 is 5.73 Å². The Morgan fingerprint density at radius 2 is 2.19 bits per heavy atom. The number of terminal acetylenes is 1. The number of primary amides is 1. The van der Waals surface area contributed by atoms with E-state index in [2.05, 4.69) is 16.1 Å². The Balaban J connectivity index is 1.75. The third-order valence-corrected chi connectivity index (χ3v) is 3.71. The van der Waals surface area contributed by atoms with Crippen LogP contribution in [0.4, 0.5) is 0 Å². The number of ether oxygens (including phenoxy) is 1. The standard InChI is InChI=1S/C14H20N4O3/c1-2-3-5-14(16-17-14)6-4-13(20)18-7-8-21-11(10-18)9-12(15)19/h1,11H,3-10H2,(H2,15,19). The highest BCUT2D eigenvalue weighted by Gasteiger charge is 2.39. The third kappa shape index (κ3) is 4.53. The molecule has 2 aliphatic heterocycles. The molecule has 7 nitrogen and oxygen atoms in total. The number of rotatable bonds is 7. The van der Waals surface area contributed by atoms with Gasteiger partial charge in [0.2, 0.25) is 11.8 Å². The van der Waals surface area contributed by atoms with Crippen LogP contribution in [-0.2, 0) is 14.3 Å². The van der Waals surface area contributed by atoms with Crippen LogP contribution in [0.15, 0.2) is 10.2 Å². The van der Waals surface area contributed by atoms with Crippen LogP contribution in [0.3, 0.4) is 0 Å². The molecule has 114 valence electrons. The number of amides is 2. The molecule has 2 amide bonds. The normalized spacial score (nSPS) is 22.6. The van der Waals surface area contributed by atoms with Crippen LogP contribution in [0.1, 0.15) is 32.1 Å². The lowest BCUT2D eigenvalue weighted by Gasteiger charge is -2.32. The zero-order valence-electron chi connectivity index (χ0n) is 12.0. The number of hydrogen-bond donors (Lipinski definition) is 1. The van der Waals surface area contributed by atoms with E-state index >= 15 is 0 Å². The van der Waals surface area contributed by atoms with Crippen molar-refractivity contribution in [3.8, 4) is 12.3 Å². The van der Waals surface area contributed by atoms with Crippen molar-refractivity contribution >= 4 is 11.8 Å². The molecule has 0 aromatic heterocycles. The second-order valence-electron chi connectivity index (χ2n) is 5.39. The molecule has 0 saturated carbocycles. The van der Waals surface area contributed by atoms with Crippen molar-refractivity contribution < 1.29 is 14.3 Å². The van der Waals surface area contributed by atoms with E-state index in [0.717, 1.165) is 0 Å². The summed E-state index contributed by atoms with van der Waals surface area (Å²) in [5, 5.41) is 8.03. The molecule has 2 rings (SSSR count). The van der Waals surface area contributed by atoms with Gasteiger partial charge in [-0.05, 0) is 0 Å². The number of carbonyl (C=O) groups is 2. The van der Waals surface area contributed by atoms with Gasteiger partial charge in [-0.2, -0.15) is 10.2 Å². The average molecular weight is 292 g/mol. The minimum atomic E-state index is -0.430. The van der Waals surface area contributed by atoms with Gasteiger partial charge in [0.15, 0.2) is 5.66 Å². The molecule has 0 radical (unpaired) electrons. The monoisotopic (exact) mass is 292 g/mol. The Morgan fingerprint density at radius 3 is 2.81 bits per heavy atom. The van der Waals surface area contributed by atoms with Gasteiger partial charge in [0, 0.05) is 38.8 Å². The minimum Gasteiger partial charge on any atom is -0.374 e. The van der Waals surface area contributed by atoms with E-state index in [4.69, 9.17) is 16.9 Å². The number of morpholine rings is 1. The van der Waals surface area contributed by atoms with Gasteiger partial charge in [-0.1, -0.05) is 0 Å². The summed E-state index contributed by atoms with van der Waals surface area (Å²) in [6.07, 6.45) is 7.34. The average Bonchev–Trinajstić information content (AvgIpc) is 3.23. The first-order chi connectivity index (χ1) is 10.0. The highest BCUT2D eigenvalue weighted by molar-refractivity contribution is 5.77. The molecule has 0 aromatic rings. The largest absolute Gasteiger partial charge is 0.374 e. The lowest BCUT2D eigenvalue weighted by Crippen LogP contribution is -2.46. The van der Waals surface area contributed by atoms with Crippen molar-refractivity contribution in [3.05, 3.63) is 0 Å². The Bertz CT molecular complexity index is 477. The maximum atomic E-state index is 12.2. The fourth-order valence-electron chi connectivity index (χ4n) is 2.43. The lowest BCUT2D eigenvalue weighted by atomic mass is 10.0. The highest BCUT2D eigenvalue weighted by Crippen LogP contribution is 2.37. The molecule has 0 bridgehead atoms. The SMILES string of the molecule is C#CCCC1(CCC(=O)N2CCOC(CC(N)=O)C2)N=N1. The van der Waals surface area contributed by atoms with E-state index < -0.39 is 11.6 Å². The summed E-state index contributed by atoms with van der Waals surface area (Å²) < 4.78 is 5.43. The number of carbonyl (C=O) groups excluding carboxylic acids is 2. The summed E-state index contributed by atoms with van der Waals surface area (Å²) in [6, 6.07) is 0. The maximum Gasteiger partial charge on any atom is 0.222 e. The van der Waals surface area contributed by atoms with E-state index in [0.29, 0.717) is 45.4 Å². The van der Waals surface area contributed by atoms with Gasteiger partial charge >= 0.3 is 0 Å². The summed E-state index contributed by atoms with van der Waals surface area (Å²) in [4.78, 5) is 24.8. The zero-order chi connectivity index (χ0) is 15.3. The van der Waals surface area contributed by atoms with Crippen molar-refractivity contribution in [2.45, 2.75) is 43.9 Å². The Kier molecular flexibility index (Phi) is 4.91. The first kappa shape index (κ1) is 15.4. The molecule has 7 heteroatoms. The van der Waals surface area contributed by atoms with Crippen LogP contribution in [0.5, 0.6) is 0 Å². The molecule has 0 aromatic carbocycles. The van der Waals surface area contributed by atoms with Crippen LogP contribution in [-0.4, -0.2) is 48.2 Å². The van der Waals surface area contributed by atoms with E-state index in [1.807, 2.05) is 0 Å². The summed E-state index contributed by atoms with van der Waals surface area (Å²) in [5.74, 6) is 2.18. The molecule has 1 saturated heterocycles. The van der Waals surface area contributed by atoms with Crippen molar-refractivity contribution in [1.29, 1.82) is 0 Å². The molecule has 1 atom stereocenters. The lowest BCUT2D eigenvalue weighted by molar-refractivity contribution is -0.141. The minimum absolute atomic E-state index is 0.0325. The molecule has 2 heterocycles. The van der Waals surface area contributed by atoms with Crippen LogP contribution >= 0.6 is 0 Å². The molecule has 0 spiro atoms. The predicted octanol–water partition coefficient (Wildman–Crippen LogP) is 0.445. The molecular formula is C14H20N4O3. The summed E-state index contributed by atoms with van der Waals surface area (Å²) >= 11 is 0. The Morgan fingerprint density at radius 1 is 1.43 bits per heavy atom. The maximum absolute atomic E-state index is 12.2. The first-order valence-electron chi connectivity index (χ1n) is 7.10. The van der Waals surface area contributed by atoms with Gasteiger partial charge in [0.05, 0.1) is 19.1 Å². The number of nitrogens with zero attached hydrogens (tertiary/aromatic N) is 3. The molecule has 1 unspecified atom stereocenters. The molecule has 0 aliphatic carbocycles. The number of hydrogen-bond acceptors (Lipinski definition) is 5. The molecule has 2 aliphatic rings. The third-order valence-electron chi connectivity index (χ3n) is 3.71. The van der Waals surface area contributed by atoms with Crippen molar-refractivity contribution in [3.63, 3.8) is 0 Å². The van der Waals surface area contributed by atoms with E-state index in [9.17, 15) is 9.59 Å². The van der Waals surface area contributed by atoms with Gasteiger partial charge in [0.1, 0.15) is 0 Å². The van der Waals surface area contributed by atoms with E-state index in [1.165, 1.54) is 0 Å². The predicted molar refractivity (Wildman–Crippen MR) is 75.0 cm³/mol. The van der Waals surface area contributed by atoms with Crippen LogP contribution in [0, 0.1) is 12.3 Å². The van der Waals surface area contributed by atoms with Crippen molar-refractivity contribution in [1.82, 2.24) is 4.90 Å². The molecule has 2 N–H and O–H groups in total. The van der Waals surface area contributed by atoms with E-state index in [-0.39, 0.29) is 18.4 Å². The summed E-state index contributed by atoms with van der Waals surface area (Å²) in [6.45, 7) is 1.38. The van der Waals surface area contributed by atoms with Crippen LogP contribution in [0.25, 0.3) is 0 Å². The summed E-state index contributed by atoms with van der Waals surface area (Å²) in [7, 11) is 0. The fourth-order valence-corrected chi connectivity index (χ4v) is 2.43. The zero-order valence-corrected chi connectivity index (χ0v) is 12.0. The molecule has 21 heavy (non-hydrogen) atoms. The topological polar surface area (TPSA) is 97.3 Å². The Hall–Kier alpha value is -1.94. The number of nitrogens with two attached hydrogens (primary N) is 1. The van der Waals surface area contributed by atoms with Gasteiger partial charge in [-0.15, -0.1) is 12.3 Å². The van der Waals surface area contributed by atoms with Crippen molar-refractivity contribution in [2.24, 2.45) is 16.0 Å². The Labute approximate surface area is 123 Å². The van der Waals surface area contributed by atoms with Gasteiger partial charge in [0.25, 0.3) is 0 Å². The van der Waals surface area contributed by atoms with Gasteiger partial charge in [-0.25, -0.2) is 0 Å². The van der Waals surface area contributed by atoms with Crippen LogP contribution in [0.2, 0.25) is 0 Å². The summed E-state index contributed by atoms with van der Waals surface area (Å²) in [5.41, 5.74) is 4.72. The quantitative estimate of drug-likeness (QED) is 0.689. The second-order valence-corrected chi connectivity index (χ2v) is 5.39. The first-order valence-corrected chi connectivity index (χ1v) is 7.10. The van der Waals surface area contributed by atoms with Crippen molar-refractivity contribution in [2.75, 3.05) is 19.7 Å². The van der Waals surface area contributed by atoms with Gasteiger partial charge < -0.3 is 15.4 Å². The molecule has 1 fully saturated rings. The van der Waals surface area contributed by atoms with Gasteiger partial charge in [-0.3, -0.25) is 9.59 Å². The highest BCUT2D eigenvalue weighted by atomic mass is 16.5.